The Kier molecular flexibility index (Phi) is 3.16. The molecule has 0 saturated heterocycles. The van der Waals surface area contributed by atoms with Crippen LogP contribution in [0.25, 0.3) is 0 Å². The van der Waals surface area contributed by atoms with Crippen LogP contribution in [0.3, 0.4) is 0 Å². The van der Waals surface area contributed by atoms with Gasteiger partial charge in [0.1, 0.15) is 11.5 Å². The summed E-state index contributed by atoms with van der Waals surface area (Å²) in [5, 5.41) is 0. The second-order valence-electron chi connectivity index (χ2n) is 4.19. The molecule has 0 heterocycles. The van der Waals surface area contributed by atoms with Crippen LogP contribution in [0.5, 0.6) is 11.5 Å². The first kappa shape index (κ1) is 11.7. The Morgan fingerprint density at radius 2 is 1.76 bits per heavy atom. The first-order valence-electron chi connectivity index (χ1n) is 5.57. The van der Waals surface area contributed by atoms with E-state index in [1.165, 1.54) is 0 Å². The predicted octanol–water partition coefficient (Wildman–Crippen LogP) is 2.42. The quantitative estimate of drug-likeness (QED) is 0.592. The number of isocyanates is 1. The zero-order valence-corrected chi connectivity index (χ0v) is 10.0. The molecule has 0 aliphatic heterocycles. The van der Waals surface area contributed by atoms with Crippen molar-refractivity contribution in [3.05, 3.63) is 23.8 Å². The monoisotopic (exact) mass is 233 g/mol. The summed E-state index contributed by atoms with van der Waals surface area (Å²) in [6, 6.07) is 5.62. The Labute approximate surface area is 100 Å². The van der Waals surface area contributed by atoms with E-state index in [-0.39, 0.29) is 0 Å². The van der Waals surface area contributed by atoms with Crippen molar-refractivity contribution < 1.29 is 14.3 Å². The number of carbonyl (C=O) groups excluding carboxylic acids is 1. The number of ether oxygens (including phenoxy) is 2. The molecule has 1 fully saturated rings. The summed E-state index contributed by atoms with van der Waals surface area (Å²) in [6.07, 6.45) is 4.50. The molecule has 4 nitrogen and oxygen atoms in total. The summed E-state index contributed by atoms with van der Waals surface area (Å²) in [6.45, 7) is 0. The highest BCUT2D eigenvalue weighted by molar-refractivity contribution is 5.45. The van der Waals surface area contributed by atoms with Gasteiger partial charge in [-0.1, -0.05) is 0 Å². The van der Waals surface area contributed by atoms with E-state index in [9.17, 15) is 4.79 Å². The minimum absolute atomic E-state index is 0.413. The number of rotatable bonds is 4. The van der Waals surface area contributed by atoms with Gasteiger partial charge in [0, 0.05) is 6.07 Å². The Morgan fingerprint density at radius 1 is 1.18 bits per heavy atom. The lowest BCUT2D eigenvalue weighted by Gasteiger charge is -2.37. The number of aliphatic imine (C=N–C) groups is 1. The first-order chi connectivity index (χ1) is 8.24. The normalized spacial score (nSPS) is 16.6. The van der Waals surface area contributed by atoms with Crippen molar-refractivity contribution in [2.24, 2.45) is 4.99 Å². The summed E-state index contributed by atoms with van der Waals surface area (Å²) in [5.41, 5.74) is 0.548. The van der Waals surface area contributed by atoms with Crippen molar-refractivity contribution in [3.8, 4) is 11.5 Å². The maximum absolute atomic E-state index is 10.5. The standard InChI is InChI=1S/C13H15NO3/c1-16-11-6-10(7-12(8-11)17-2)13(14-9-15)4-3-5-13/h6-8H,3-5H2,1-2H3. The average Bonchev–Trinajstić information content (AvgIpc) is 2.33. The van der Waals surface area contributed by atoms with Crippen LogP contribution >= 0.6 is 0 Å². The lowest BCUT2D eigenvalue weighted by atomic mass is 9.72. The summed E-state index contributed by atoms with van der Waals surface area (Å²) in [5.74, 6) is 1.43. The molecule has 1 aliphatic carbocycles. The second kappa shape index (κ2) is 4.60. The zero-order valence-electron chi connectivity index (χ0n) is 10.0. The Bertz CT molecular complexity index is 437. The molecule has 0 unspecified atom stereocenters. The molecule has 1 saturated carbocycles. The molecule has 2 rings (SSSR count). The molecule has 0 bridgehead atoms. The fraction of sp³-hybridized carbons (Fsp3) is 0.462. The van der Waals surface area contributed by atoms with Crippen molar-refractivity contribution >= 4 is 6.08 Å². The van der Waals surface area contributed by atoms with Crippen LogP contribution in [-0.2, 0) is 10.3 Å². The molecular weight excluding hydrogens is 218 g/mol. The summed E-state index contributed by atoms with van der Waals surface area (Å²) >= 11 is 0. The van der Waals surface area contributed by atoms with Gasteiger partial charge in [-0.2, -0.15) is 4.99 Å². The molecule has 0 spiro atoms. The predicted molar refractivity (Wildman–Crippen MR) is 63.2 cm³/mol. The van der Waals surface area contributed by atoms with E-state index in [1.54, 1.807) is 26.4 Å². The van der Waals surface area contributed by atoms with E-state index in [4.69, 9.17) is 9.47 Å². The highest BCUT2D eigenvalue weighted by atomic mass is 16.5. The molecule has 1 aromatic carbocycles. The molecular formula is C13H15NO3. The van der Waals surface area contributed by atoms with Gasteiger partial charge in [-0.05, 0) is 37.0 Å². The highest BCUT2D eigenvalue weighted by Crippen LogP contribution is 2.46. The van der Waals surface area contributed by atoms with E-state index < -0.39 is 5.54 Å². The van der Waals surface area contributed by atoms with Gasteiger partial charge in [-0.25, -0.2) is 4.79 Å². The van der Waals surface area contributed by atoms with Crippen LogP contribution in [0, 0.1) is 0 Å². The molecule has 0 aromatic heterocycles. The van der Waals surface area contributed by atoms with Gasteiger partial charge in [0.05, 0.1) is 19.8 Å². The third kappa shape index (κ3) is 2.04. The van der Waals surface area contributed by atoms with Crippen LogP contribution in [0.1, 0.15) is 24.8 Å². The van der Waals surface area contributed by atoms with E-state index in [0.717, 1.165) is 24.8 Å². The van der Waals surface area contributed by atoms with Crippen LogP contribution < -0.4 is 9.47 Å². The molecule has 4 heteroatoms. The van der Waals surface area contributed by atoms with E-state index in [1.807, 2.05) is 12.1 Å². The molecule has 0 radical (unpaired) electrons. The fourth-order valence-corrected chi connectivity index (χ4v) is 2.14. The lowest BCUT2D eigenvalue weighted by Crippen LogP contribution is -2.31. The maximum atomic E-state index is 10.5. The molecule has 90 valence electrons. The number of benzene rings is 1. The minimum atomic E-state index is -0.413. The van der Waals surface area contributed by atoms with E-state index in [2.05, 4.69) is 4.99 Å². The topological polar surface area (TPSA) is 47.9 Å². The van der Waals surface area contributed by atoms with Crippen LogP contribution in [0.4, 0.5) is 0 Å². The van der Waals surface area contributed by atoms with Crippen molar-refractivity contribution in [1.82, 2.24) is 0 Å². The lowest BCUT2D eigenvalue weighted by molar-refractivity contribution is 0.253. The van der Waals surface area contributed by atoms with E-state index in [0.29, 0.717) is 11.5 Å². The van der Waals surface area contributed by atoms with Crippen LogP contribution in [0.15, 0.2) is 23.2 Å². The molecule has 0 N–H and O–H groups in total. The van der Waals surface area contributed by atoms with Gasteiger partial charge >= 0.3 is 0 Å². The summed E-state index contributed by atoms with van der Waals surface area (Å²) in [4.78, 5) is 14.5. The molecule has 17 heavy (non-hydrogen) atoms. The smallest absolute Gasteiger partial charge is 0.235 e. The SMILES string of the molecule is COc1cc(OC)cc(C2(N=C=O)CCC2)c1. The minimum Gasteiger partial charge on any atom is -0.497 e. The fourth-order valence-electron chi connectivity index (χ4n) is 2.14. The van der Waals surface area contributed by atoms with Gasteiger partial charge in [-0.15, -0.1) is 0 Å². The van der Waals surface area contributed by atoms with Gasteiger partial charge in [0.25, 0.3) is 0 Å². The van der Waals surface area contributed by atoms with Crippen molar-refractivity contribution in [2.45, 2.75) is 24.8 Å². The van der Waals surface area contributed by atoms with Crippen molar-refractivity contribution in [1.29, 1.82) is 0 Å². The number of hydrogen-bond donors (Lipinski definition) is 0. The summed E-state index contributed by atoms with van der Waals surface area (Å²) in [7, 11) is 3.21. The number of hydrogen-bond acceptors (Lipinski definition) is 4. The molecule has 0 atom stereocenters. The number of nitrogens with zero attached hydrogens (tertiary/aromatic N) is 1. The van der Waals surface area contributed by atoms with Gasteiger partial charge < -0.3 is 9.47 Å². The highest BCUT2D eigenvalue weighted by Gasteiger charge is 2.39. The van der Waals surface area contributed by atoms with Gasteiger partial charge in [0.15, 0.2) is 0 Å². The largest absolute Gasteiger partial charge is 0.497 e. The Balaban J connectivity index is 2.46. The molecule has 1 aliphatic rings. The molecule has 0 amide bonds. The average molecular weight is 233 g/mol. The third-order valence-corrected chi connectivity index (χ3v) is 3.33. The van der Waals surface area contributed by atoms with E-state index >= 15 is 0 Å². The van der Waals surface area contributed by atoms with Crippen molar-refractivity contribution in [2.75, 3.05) is 14.2 Å². The molecule has 1 aromatic rings. The summed E-state index contributed by atoms with van der Waals surface area (Å²) < 4.78 is 10.4. The van der Waals surface area contributed by atoms with Gasteiger partial charge in [-0.3, -0.25) is 0 Å². The van der Waals surface area contributed by atoms with Gasteiger partial charge in [0.2, 0.25) is 6.08 Å². The third-order valence-electron chi connectivity index (χ3n) is 3.33. The van der Waals surface area contributed by atoms with Crippen molar-refractivity contribution in [3.63, 3.8) is 0 Å². The number of methoxy groups -OCH3 is 2. The van der Waals surface area contributed by atoms with Crippen LogP contribution in [-0.4, -0.2) is 20.3 Å². The zero-order chi connectivity index (χ0) is 12.3. The first-order valence-corrected chi connectivity index (χ1v) is 5.57. The van der Waals surface area contributed by atoms with Crippen LogP contribution in [0.2, 0.25) is 0 Å². The maximum Gasteiger partial charge on any atom is 0.235 e. The Hall–Kier alpha value is -1.80. The Morgan fingerprint density at radius 3 is 2.12 bits per heavy atom. The second-order valence-corrected chi connectivity index (χ2v) is 4.19.